The predicted octanol–water partition coefficient (Wildman–Crippen LogP) is 2.21. The van der Waals surface area contributed by atoms with Gasteiger partial charge in [-0.2, -0.15) is 0 Å². The van der Waals surface area contributed by atoms with Crippen molar-refractivity contribution in [1.29, 1.82) is 0 Å². The van der Waals surface area contributed by atoms with Gasteiger partial charge in [-0.3, -0.25) is 14.6 Å². The van der Waals surface area contributed by atoms with E-state index in [9.17, 15) is 4.79 Å². The van der Waals surface area contributed by atoms with E-state index in [-0.39, 0.29) is 0 Å². The molecule has 0 aromatic heterocycles. The van der Waals surface area contributed by atoms with Crippen LogP contribution in [0.4, 0.5) is 0 Å². The molecule has 1 aliphatic carbocycles. The van der Waals surface area contributed by atoms with E-state index in [2.05, 4.69) is 21.6 Å². The molecule has 2 saturated heterocycles. The Kier molecular flexibility index (Phi) is 7.56. The Hall–Kier alpha value is -0.650. The van der Waals surface area contributed by atoms with Crippen LogP contribution in [0.2, 0.25) is 0 Å². The summed E-state index contributed by atoms with van der Waals surface area (Å²) in [6.45, 7) is 10.9. The Morgan fingerprint density at radius 3 is 2.28 bits per heavy atom. The fourth-order valence-corrected chi connectivity index (χ4v) is 4.47. The molecule has 0 aromatic carbocycles. The van der Waals surface area contributed by atoms with Gasteiger partial charge in [-0.1, -0.05) is 19.8 Å². The summed E-state index contributed by atoms with van der Waals surface area (Å²) < 4.78 is 6.15. The topological polar surface area (TPSA) is 36.0 Å². The minimum Gasteiger partial charge on any atom is -0.377 e. The zero-order valence-electron chi connectivity index (χ0n) is 16.1. The van der Waals surface area contributed by atoms with Crippen LogP contribution in [0.1, 0.15) is 51.9 Å². The van der Waals surface area contributed by atoms with Gasteiger partial charge < -0.3 is 9.64 Å². The molecule has 0 spiro atoms. The largest absolute Gasteiger partial charge is 0.377 e. The number of hydrogen-bond donors (Lipinski definition) is 0. The molecule has 2 heterocycles. The molecule has 2 aliphatic heterocycles. The number of amides is 1. The van der Waals surface area contributed by atoms with E-state index in [4.69, 9.17) is 4.74 Å². The molecular weight excluding hydrogens is 314 g/mol. The highest BCUT2D eigenvalue weighted by atomic mass is 16.5. The lowest BCUT2D eigenvalue weighted by Crippen LogP contribution is -2.51. The van der Waals surface area contributed by atoms with Gasteiger partial charge in [0.1, 0.15) is 0 Å². The Bertz CT molecular complexity index is 404. The monoisotopic (exact) mass is 351 g/mol. The van der Waals surface area contributed by atoms with Gasteiger partial charge in [0.25, 0.3) is 0 Å². The van der Waals surface area contributed by atoms with Crippen molar-refractivity contribution in [2.75, 3.05) is 59.0 Å². The Morgan fingerprint density at radius 1 is 0.880 bits per heavy atom. The Balaban J connectivity index is 1.28. The first-order chi connectivity index (χ1) is 12.2. The Morgan fingerprint density at radius 2 is 1.56 bits per heavy atom. The molecule has 1 saturated carbocycles. The lowest BCUT2D eigenvalue weighted by molar-refractivity contribution is -0.133. The van der Waals surface area contributed by atoms with E-state index in [1.54, 1.807) is 0 Å². The fraction of sp³-hybridized carbons (Fsp3) is 0.950. The summed E-state index contributed by atoms with van der Waals surface area (Å²) in [7, 11) is 0. The molecule has 25 heavy (non-hydrogen) atoms. The van der Waals surface area contributed by atoms with E-state index in [1.165, 1.54) is 44.9 Å². The zero-order chi connectivity index (χ0) is 17.5. The van der Waals surface area contributed by atoms with Gasteiger partial charge in [-0.15, -0.1) is 0 Å². The average Bonchev–Trinajstić information content (AvgIpc) is 2.65. The van der Waals surface area contributed by atoms with E-state index in [0.717, 1.165) is 58.3 Å². The highest BCUT2D eigenvalue weighted by Gasteiger charge is 2.24. The van der Waals surface area contributed by atoms with Crippen molar-refractivity contribution in [3.05, 3.63) is 0 Å². The van der Waals surface area contributed by atoms with E-state index < -0.39 is 0 Å². The number of carbonyl (C=O) groups is 1. The molecular formula is C20H37N3O2. The summed E-state index contributed by atoms with van der Waals surface area (Å²) in [4.78, 5) is 19.3. The molecule has 0 radical (unpaired) electrons. The number of likely N-dealkylation sites (tertiary alicyclic amines) is 1. The second-order valence-electron chi connectivity index (χ2n) is 8.23. The van der Waals surface area contributed by atoms with Crippen LogP contribution >= 0.6 is 0 Å². The number of ether oxygens (including phenoxy) is 1. The van der Waals surface area contributed by atoms with Gasteiger partial charge in [-0.25, -0.2) is 0 Å². The molecule has 0 bridgehead atoms. The van der Waals surface area contributed by atoms with Crippen molar-refractivity contribution < 1.29 is 9.53 Å². The first-order valence-electron chi connectivity index (χ1n) is 10.6. The van der Waals surface area contributed by atoms with E-state index in [1.807, 2.05) is 0 Å². The van der Waals surface area contributed by atoms with E-state index in [0.29, 0.717) is 18.6 Å². The van der Waals surface area contributed by atoms with Crippen LogP contribution in [0.5, 0.6) is 0 Å². The lowest BCUT2D eigenvalue weighted by Gasteiger charge is -2.36. The van der Waals surface area contributed by atoms with Crippen molar-refractivity contribution in [3.63, 3.8) is 0 Å². The highest BCUT2D eigenvalue weighted by molar-refractivity contribution is 5.78. The maximum absolute atomic E-state index is 12.4. The van der Waals surface area contributed by atoms with Crippen molar-refractivity contribution in [1.82, 2.24) is 14.7 Å². The Labute approximate surface area is 153 Å². The number of nitrogens with zero attached hydrogens (tertiary/aromatic N) is 3. The molecule has 2 atom stereocenters. The molecule has 3 rings (SSSR count). The van der Waals surface area contributed by atoms with Gasteiger partial charge in [0, 0.05) is 45.8 Å². The van der Waals surface area contributed by atoms with Crippen LogP contribution in [0.15, 0.2) is 0 Å². The van der Waals surface area contributed by atoms with Crippen molar-refractivity contribution in [2.45, 2.75) is 58.0 Å². The third-order valence-electron chi connectivity index (χ3n) is 6.30. The summed E-state index contributed by atoms with van der Waals surface area (Å²) in [5, 5.41) is 0. The first kappa shape index (κ1) is 19.1. The molecule has 0 N–H and O–H groups in total. The third-order valence-corrected chi connectivity index (χ3v) is 6.30. The number of piperidine rings is 1. The SMILES string of the molecule is CC1CCCCC1OCCN1CCN(CC(=O)N2CCCCC2)CC1. The second-order valence-corrected chi connectivity index (χ2v) is 8.23. The quantitative estimate of drug-likeness (QED) is 0.735. The van der Waals surface area contributed by atoms with Crippen molar-refractivity contribution in [2.24, 2.45) is 5.92 Å². The van der Waals surface area contributed by atoms with Gasteiger partial charge >= 0.3 is 0 Å². The molecule has 144 valence electrons. The second kappa shape index (κ2) is 9.89. The number of hydrogen-bond acceptors (Lipinski definition) is 4. The molecule has 3 aliphatic rings. The maximum Gasteiger partial charge on any atom is 0.236 e. The van der Waals surface area contributed by atoms with Crippen LogP contribution in [0.3, 0.4) is 0 Å². The van der Waals surface area contributed by atoms with Gasteiger partial charge in [0.2, 0.25) is 5.91 Å². The van der Waals surface area contributed by atoms with Crippen LogP contribution in [-0.4, -0.2) is 85.7 Å². The highest BCUT2D eigenvalue weighted by Crippen LogP contribution is 2.26. The molecule has 5 nitrogen and oxygen atoms in total. The minimum atomic E-state index is 0.336. The zero-order valence-corrected chi connectivity index (χ0v) is 16.1. The molecule has 3 fully saturated rings. The molecule has 5 heteroatoms. The van der Waals surface area contributed by atoms with E-state index >= 15 is 0 Å². The number of piperazine rings is 1. The predicted molar refractivity (Wildman–Crippen MR) is 101 cm³/mol. The summed E-state index contributed by atoms with van der Waals surface area (Å²) in [6, 6.07) is 0. The minimum absolute atomic E-state index is 0.336. The molecule has 2 unspecified atom stereocenters. The van der Waals surface area contributed by atoms with Gasteiger partial charge in [0.05, 0.1) is 19.3 Å². The summed E-state index contributed by atoms with van der Waals surface area (Å²) >= 11 is 0. The van der Waals surface area contributed by atoms with Crippen molar-refractivity contribution in [3.8, 4) is 0 Å². The summed E-state index contributed by atoms with van der Waals surface area (Å²) in [5.74, 6) is 1.06. The van der Waals surface area contributed by atoms with Crippen LogP contribution < -0.4 is 0 Å². The van der Waals surface area contributed by atoms with Crippen LogP contribution in [-0.2, 0) is 9.53 Å². The van der Waals surface area contributed by atoms with Crippen LogP contribution in [0.25, 0.3) is 0 Å². The average molecular weight is 352 g/mol. The van der Waals surface area contributed by atoms with Gasteiger partial charge in [-0.05, 0) is 38.0 Å². The normalized spacial score (nSPS) is 29.7. The molecule has 1 amide bonds. The maximum atomic E-state index is 12.4. The van der Waals surface area contributed by atoms with Gasteiger partial charge in [0.15, 0.2) is 0 Å². The smallest absolute Gasteiger partial charge is 0.236 e. The lowest BCUT2D eigenvalue weighted by atomic mass is 9.88. The fourth-order valence-electron chi connectivity index (χ4n) is 4.47. The number of carbonyl (C=O) groups excluding carboxylic acids is 1. The van der Waals surface area contributed by atoms with Crippen LogP contribution in [0, 0.1) is 5.92 Å². The standard InChI is InChI=1S/C20H37N3O2/c1-18-7-3-4-8-19(18)25-16-15-21-11-13-22(14-12-21)17-20(24)23-9-5-2-6-10-23/h18-19H,2-17H2,1H3. The first-order valence-corrected chi connectivity index (χ1v) is 10.6. The summed E-state index contributed by atoms with van der Waals surface area (Å²) in [5.41, 5.74) is 0. The summed E-state index contributed by atoms with van der Waals surface area (Å²) in [6.07, 6.45) is 9.40. The number of rotatable bonds is 6. The third kappa shape index (κ3) is 5.93. The molecule has 0 aromatic rings. The van der Waals surface area contributed by atoms with Crippen molar-refractivity contribution >= 4 is 5.91 Å².